The summed E-state index contributed by atoms with van der Waals surface area (Å²) in [7, 11) is 0. The molecule has 0 saturated heterocycles. The molecule has 0 aromatic carbocycles. The van der Waals surface area contributed by atoms with Gasteiger partial charge in [0.05, 0.1) is 6.61 Å². The molecule has 0 fully saturated rings. The molecule has 1 rings (SSSR count). The van der Waals surface area contributed by atoms with Crippen molar-refractivity contribution in [2.45, 2.75) is 122 Å². The summed E-state index contributed by atoms with van der Waals surface area (Å²) in [4.78, 5) is 23.5. The van der Waals surface area contributed by atoms with Gasteiger partial charge < -0.3 is 24.8 Å². The number of hydrogen-bond acceptors (Lipinski definition) is 7. The fourth-order valence-corrected chi connectivity index (χ4v) is 3.70. The maximum atomic E-state index is 11.9. The Bertz CT molecular complexity index is 550. The van der Waals surface area contributed by atoms with Crippen molar-refractivity contribution < 1.29 is 63.9 Å². The van der Waals surface area contributed by atoms with E-state index >= 15 is 0 Å². The molecule has 1 aliphatic heterocycles. The Morgan fingerprint density at radius 2 is 1.38 bits per heavy atom. The first-order valence-corrected chi connectivity index (χ1v) is 12.1. The molecule has 1 aliphatic rings. The van der Waals surface area contributed by atoms with Gasteiger partial charge in [0, 0.05) is 6.42 Å². The maximum absolute atomic E-state index is 11.9. The molecule has 2 atom stereocenters. The minimum atomic E-state index is -1.52. The van der Waals surface area contributed by atoms with Crippen LogP contribution in [0.4, 0.5) is 0 Å². The SMILES string of the molecule is CCCCCCCCCCCCCCCCCC(=O)OC1=C([O-])[C@@H]([C@@H](O)CO)OC1=O.[Na+]. The van der Waals surface area contributed by atoms with Crippen molar-refractivity contribution in [1.82, 2.24) is 0 Å². The normalized spacial score (nSPS) is 16.6. The minimum absolute atomic E-state index is 0. The summed E-state index contributed by atoms with van der Waals surface area (Å²) < 4.78 is 9.50. The van der Waals surface area contributed by atoms with Gasteiger partial charge in [-0.1, -0.05) is 96.8 Å². The predicted molar refractivity (Wildman–Crippen MR) is 116 cm³/mol. The van der Waals surface area contributed by atoms with E-state index in [4.69, 9.17) is 9.84 Å². The van der Waals surface area contributed by atoms with Gasteiger partial charge >= 0.3 is 41.5 Å². The van der Waals surface area contributed by atoms with Crippen molar-refractivity contribution in [1.29, 1.82) is 0 Å². The molecule has 0 bridgehead atoms. The number of ether oxygens (including phenoxy) is 2. The number of aliphatic hydroxyl groups is 2. The molecule has 0 unspecified atom stereocenters. The van der Waals surface area contributed by atoms with E-state index in [9.17, 15) is 19.8 Å². The minimum Gasteiger partial charge on any atom is -0.870 e. The fourth-order valence-electron chi connectivity index (χ4n) is 3.70. The Kier molecular flexibility index (Phi) is 19.5. The van der Waals surface area contributed by atoms with E-state index in [1.54, 1.807) is 0 Å². The van der Waals surface area contributed by atoms with E-state index in [2.05, 4.69) is 11.7 Å². The third kappa shape index (κ3) is 13.2. The zero-order chi connectivity index (χ0) is 22.9. The molecule has 0 spiro atoms. The number of cyclic esters (lactones) is 1. The number of unbranched alkanes of at least 4 members (excludes halogenated alkanes) is 14. The monoisotopic (exact) mass is 464 g/mol. The first kappa shape index (κ1) is 31.4. The first-order valence-electron chi connectivity index (χ1n) is 12.1. The summed E-state index contributed by atoms with van der Waals surface area (Å²) in [5.41, 5.74) is 0. The van der Waals surface area contributed by atoms with Gasteiger partial charge in [-0.3, -0.25) is 4.79 Å². The molecular formula is C24H41NaO7. The van der Waals surface area contributed by atoms with Gasteiger partial charge in [0.15, 0.2) is 0 Å². The summed E-state index contributed by atoms with van der Waals surface area (Å²) in [6.45, 7) is 1.51. The third-order valence-electron chi connectivity index (χ3n) is 5.64. The van der Waals surface area contributed by atoms with Gasteiger partial charge in [-0.25, -0.2) is 4.79 Å². The van der Waals surface area contributed by atoms with E-state index in [0.29, 0.717) is 6.42 Å². The molecule has 0 saturated carbocycles. The average Bonchev–Trinajstić information content (AvgIpc) is 3.04. The van der Waals surface area contributed by atoms with Gasteiger partial charge in [-0.15, -0.1) is 0 Å². The van der Waals surface area contributed by atoms with Crippen molar-refractivity contribution in [3.8, 4) is 0 Å². The number of carbonyl (C=O) groups is 2. The Hall–Kier alpha value is -0.600. The molecule has 0 aliphatic carbocycles. The Balaban J connectivity index is 0.00000961. The second kappa shape index (κ2) is 19.8. The summed E-state index contributed by atoms with van der Waals surface area (Å²) >= 11 is 0. The van der Waals surface area contributed by atoms with Gasteiger partial charge in [0.2, 0.25) is 5.76 Å². The Labute approximate surface area is 215 Å². The largest absolute Gasteiger partial charge is 1.00 e. The molecule has 0 aromatic heterocycles. The average molecular weight is 465 g/mol. The van der Waals surface area contributed by atoms with Crippen molar-refractivity contribution in [3.63, 3.8) is 0 Å². The maximum Gasteiger partial charge on any atom is 1.00 e. The smallest absolute Gasteiger partial charge is 0.870 e. The van der Waals surface area contributed by atoms with Crippen LogP contribution in [0.2, 0.25) is 0 Å². The molecule has 0 aromatic rings. The quantitative estimate of drug-likeness (QED) is 0.164. The second-order valence-corrected chi connectivity index (χ2v) is 8.44. The number of carbonyl (C=O) groups excluding carboxylic acids is 2. The van der Waals surface area contributed by atoms with E-state index in [-0.39, 0.29) is 36.0 Å². The van der Waals surface area contributed by atoms with Crippen LogP contribution < -0.4 is 34.7 Å². The van der Waals surface area contributed by atoms with Crippen LogP contribution in [-0.4, -0.2) is 41.0 Å². The van der Waals surface area contributed by atoms with Crippen LogP contribution in [0.25, 0.3) is 0 Å². The van der Waals surface area contributed by atoms with Crippen LogP contribution in [0, 0.1) is 0 Å². The van der Waals surface area contributed by atoms with Gasteiger partial charge in [0.1, 0.15) is 12.2 Å². The molecule has 0 radical (unpaired) electrons. The predicted octanol–water partition coefficient (Wildman–Crippen LogP) is 0.646. The topological polar surface area (TPSA) is 116 Å². The van der Waals surface area contributed by atoms with Crippen molar-refractivity contribution in [2.24, 2.45) is 0 Å². The molecule has 0 amide bonds. The molecule has 7 nitrogen and oxygen atoms in total. The third-order valence-corrected chi connectivity index (χ3v) is 5.64. The van der Waals surface area contributed by atoms with Crippen LogP contribution in [0.5, 0.6) is 0 Å². The molecule has 2 N–H and O–H groups in total. The molecule has 1 heterocycles. The van der Waals surface area contributed by atoms with Crippen LogP contribution in [0.15, 0.2) is 11.5 Å². The molecule has 32 heavy (non-hydrogen) atoms. The van der Waals surface area contributed by atoms with Crippen LogP contribution in [-0.2, 0) is 19.1 Å². The fraction of sp³-hybridized carbons (Fsp3) is 0.833. The molecule has 180 valence electrons. The summed E-state index contributed by atoms with van der Waals surface area (Å²) in [6, 6.07) is 0. The van der Waals surface area contributed by atoms with Gasteiger partial charge in [-0.2, -0.15) is 0 Å². The summed E-state index contributed by atoms with van der Waals surface area (Å²) in [5.74, 6) is -3.35. The number of esters is 2. The van der Waals surface area contributed by atoms with Crippen LogP contribution in [0.1, 0.15) is 110 Å². The number of rotatable bonds is 19. The zero-order valence-corrected chi connectivity index (χ0v) is 22.1. The van der Waals surface area contributed by atoms with E-state index < -0.39 is 42.3 Å². The van der Waals surface area contributed by atoms with E-state index in [1.807, 2.05) is 0 Å². The second-order valence-electron chi connectivity index (χ2n) is 8.44. The summed E-state index contributed by atoms with van der Waals surface area (Å²) in [6.07, 6.45) is 15.5. The Morgan fingerprint density at radius 1 is 0.938 bits per heavy atom. The van der Waals surface area contributed by atoms with Gasteiger partial charge in [-0.05, 0) is 12.2 Å². The molecular weight excluding hydrogens is 423 g/mol. The molecule has 8 heteroatoms. The number of aliphatic hydroxyl groups excluding tert-OH is 2. The van der Waals surface area contributed by atoms with E-state index in [0.717, 1.165) is 19.3 Å². The van der Waals surface area contributed by atoms with Crippen molar-refractivity contribution in [2.75, 3.05) is 6.61 Å². The van der Waals surface area contributed by atoms with Crippen LogP contribution in [0.3, 0.4) is 0 Å². The summed E-state index contributed by atoms with van der Waals surface area (Å²) in [5, 5.41) is 30.2. The Morgan fingerprint density at radius 3 is 1.81 bits per heavy atom. The van der Waals surface area contributed by atoms with Crippen molar-refractivity contribution >= 4 is 11.9 Å². The van der Waals surface area contributed by atoms with Crippen LogP contribution >= 0.6 is 0 Å². The van der Waals surface area contributed by atoms with E-state index in [1.165, 1.54) is 70.6 Å². The standard InChI is InChI=1S/C24H42O7.Na/c1-2-3-4-5-6-7-8-9-10-11-12-13-14-15-16-17-20(27)30-23-21(28)22(19(26)18-25)31-24(23)29;/h19,22,25-26,28H,2-18H2,1H3;/q;+1/p-1/t19-,22+;/m0./s1. The van der Waals surface area contributed by atoms with Gasteiger partial charge in [0.25, 0.3) is 0 Å². The zero-order valence-electron chi connectivity index (χ0n) is 20.1. The first-order chi connectivity index (χ1) is 15.0. The van der Waals surface area contributed by atoms with Crippen molar-refractivity contribution in [3.05, 3.63) is 11.5 Å². The number of hydrogen-bond donors (Lipinski definition) is 2.